The highest BCUT2D eigenvalue weighted by atomic mass is 32.2. The molecule has 0 bridgehead atoms. The summed E-state index contributed by atoms with van der Waals surface area (Å²) in [6, 6.07) is 7.04. The van der Waals surface area contributed by atoms with E-state index in [1.54, 1.807) is 18.2 Å². The minimum Gasteiger partial charge on any atom is -0.223 e. The Balaban J connectivity index is 2.12. The molecule has 0 fully saturated rings. The lowest BCUT2D eigenvalue weighted by molar-refractivity contribution is 0.377. The molecule has 1 aromatic carbocycles. The van der Waals surface area contributed by atoms with Crippen molar-refractivity contribution in [1.82, 2.24) is 0 Å². The molecule has 136 valence electrons. The van der Waals surface area contributed by atoms with E-state index in [-0.39, 0.29) is 11.2 Å². The maximum atomic E-state index is 12.4. The van der Waals surface area contributed by atoms with Crippen molar-refractivity contribution in [3.63, 3.8) is 0 Å². The van der Waals surface area contributed by atoms with Gasteiger partial charge in [0.05, 0.1) is 10.6 Å². The molecule has 0 saturated carbocycles. The van der Waals surface area contributed by atoms with Gasteiger partial charge in [0, 0.05) is 0 Å². The molecule has 0 unspecified atom stereocenters. The summed E-state index contributed by atoms with van der Waals surface area (Å²) in [4.78, 5) is 0.387. The third-order valence-corrected chi connectivity index (χ3v) is 6.66. The first-order chi connectivity index (χ1) is 11.6. The van der Waals surface area contributed by atoms with Gasteiger partial charge in [0.25, 0.3) is 0 Å². The van der Waals surface area contributed by atoms with Gasteiger partial charge in [-0.05, 0) is 63.2 Å². The van der Waals surface area contributed by atoms with E-state index in [1.807, 2.05) is 26.0 Å². The van der Waals surface area contributed by atoms with Crippen LogP contribution in [0.5, 0.6) is 0 Å². The third kappa shape index (κ3) is 5.18. The molecule has 0 saturated heterocycles. The second-order valence-electron chi connectivity index (χ2n) is 7.81. The van der Waals surface area contributed by atoms with E-state index in [1.165, 1.54) is 24.0 Å². The van der Waals surface area contributed by atoms with Crippen LogP contribution in [-0.4, -0.2) is 14.2 Å². The number of benzene rings is 1. The van der Waals surface area contributed by atoms with Gasteiger partial charge in [-0.1, -0.05) is 60.9 Å². The van der Waals surface area contributed by atoms with Crippen LogP contribution in [0.2, 0.25) is 0 Å². The van der Waals surface area contributed by atoms with Crippen LogP contribution in [0, 0.1) is 12.3 Å². The minimum absolute atomic E-state index is 0.0354. The molecule has 0 aromatic heterocycles. The molecule has 1 aromatic rings. The summed E-state index contributed by atoms with van der Waals surface area (Å²) in [6.45, 7) is 10.7. The van der Waals surface area contributed by atoms with Crippen molar-refractivity contribution >= 4 is 9.84 Å². The lowest BCUT2D eigenvalue weighted by Gasteiger charge is -2.32. The third-order valence-electron chi connectivity index (χ3n) is 5.06. The van der Waals surface area contributed by atoms with E-state index in [2.05, 4.69) is 32.9 Å². The Hall–Kier alpha value is -1.61. The lowest BCUT2D eigenvalue weighted by atomic mass is 9.72. The Kier molecular flexibility index (Phi) is 6.10. The zero-order valence-corrected chi connectivity index (χ0v) is 16.9. The van der Waals surface area contributed by atoms with Crippen molar-refractivity contribution in [2.75, 3.05) is 5.75 Å². The van der Waals surface area contributed by atoms with Gasteiger partial charge in [0.15, 0.2) is 9.84 Å². The van der Waals surface area contributed by atoms with Gasteiger partial charge in [-0.3, -0.25) is 0 Å². The van der Waals surface area contributed by atoms with E-state index >= 15 is 0 Å². The van der Waals surface area contributed by atoms with Crippen LogP contribution >= 0.6 is 0 Å². The molecule has 0 spiro atoms. The van der Waals surface area contributed by atoms with Crippen molar-refractivity contribution in [3.8, 4) is 0 Å². The Morgan fingerprint density at radius 3 is 2.40 bits per heavy atom. The Morgan fingerprint density at radius 2 is 1.80 bits per heavy atom. The SMILES string of the molecule is CC1=C(/C=C/C(C)=C/CS(=O)(=O)c2ccc(C)cc2)C(C)(C)CCC1. The summed E-state index contributed by atoms with van der Waals surface area (Å²) in [5, 5.41) is 0. The largest absolute Gasteiger partial charge is 0.223 e. The summed E-state index contributed by atoms with van der Waals surface area (Å²) in [5.41, 5.74) is 5.10. The molecule has 25 heavy (non-hydrogen) atoms. The highest BCUT2D eigenvalue weighted by Crippen LogP contribution is 2.40. The Morgan fingerprint density at radius 1 is 1.16 bits per heavy atom. The summed E-state index contributed by atoms with van der Waals surface area (Å²) in [5.74, 6) is 0.0354. The van der Waals surface area contributed by atoms with Crippen LogP contribution in [0.25, 0.3) is 0 Å². The van der Waals surface area contributed by atoms with Gasteiger partial charge < -0.3 is 0 Å². The predicted octanol–water partition coefficient (Wildman–Crippen LogP) is 5.80. The van der Waals surface area contributed by atoms with E-state index in [4.69, 9.17) is 0 Å². The summed E-state index contributed by atoms with van der Waals surface area (Å²) in [6.07, 6.45) is 9.65. The van der Waals surface area contributed by atoms with E-state index in [0.717, 1.165) is 17.6 Å². The molecular weight excluding hydrogens is 328 g/mol. The highest BCUT2D eigenvalue weighted by Gasteiger charge is 2.26. The fraction of sp³-hybridized carbons (Fsp3) is 0.455. The van der Waals surface area contributed by atoms with Crippen LogP contribution in [0.4, 0.5) is 0 Å². The number of allylic oxidation sites excluding steroid dienone is 5. The molecule has 1 aliphatic rings. The smallest absolute Gasteiger partial charge is 0.181 e. The zero-order chi connectivity index (χ0) is 18.7. The minimum atomic E-state index is -3.27. The van der Waals surface area contributed by atoms with Gasteiger partial charge in [0.2, 0.25) is 0 Å². The maximum absolute atomic E-state index is 12.4. The van der Waals surface area contributed by atoms with E-state index in [9.17, 15) is 8.42 Å². The maximum Gasteiger partial charge on any atom is 0.181 e. The first-order valence-corrected chi connectivity index (χ1v) is 10.6. The predicted molar refractivity (Wildman–Crippen MR) is 106 cm³/mol. The first-order valence-electron chi connectivity index (χ1n) is 8.96. The topological polar surface area (TPSA) is 34.1 Å². The standard InChI is InChI=1S/C22H30O2S/c1-17-8-11-20(12-9-17)25(23,24)16-14-18(2)10-13-21-19(3)7-6-15-22(21,4)5/h8-14H,6-7,15-16H2,1-5H3/b13-10+,18-14+. The molecule has 0 heterocycles. The van der Waals surface area contributed by atoms with Crippen molar-refractivity contribution < 1.29 is 8.42 Å². The molecule has 2 rings (SSSR count). The van der Waals surface area contributed by atoms with Gasteiger partial charge in [0.1, 0.15) is 0 Å². The highest BCUT2D eigenvalue weighted by molar-refractivity contribution is 7.91. The average Bonchev–Trinajstić information content (AvgIpc) is 2.52. The number of aryl methyl sites for hydroxylation is 1. The van der Waals surface area contributed by atoms with Crippen LogP contribution < -0.4 is 0 Å². The zero-order valence-electron chi connectivity index (χ0n) is 16.1. The van der Waals surface area contributed by atoms with Crippen LogP contribution in [0.1, 0.15) is 52.5 Å². The molecule has 0 atom stereocenters. The van der Waals surface area contributed by atoms with Crippen LogP contribution in [0.3, 0.4) is 0 Å². The molecule has 0 N–H and O–H groups in total. The number of rotatable bonds is 5. The van der Waals surface area contributed by atoms with Gasteiger partial charge in [-0.15, -0.1) is 0 Å². The second kappa shape index (κ2) is 7.74. The van der Waals surface area contributed by atoms with Crippen molar-refractivity contribution in [3.05, 3.63) is 64.8 Å². The monoisotopic (exact) mass is 358 g/mol. The quantitative estimate of drug-likeness (QED) is 0.624. The molecular formula is C22H30O2S. The Bertz CT molecular complexity index is 804. The van der Waals surface area contributed by atoms with Crippen molar-refractivity contribution in [1.29, 1.82) is 0 Å². The lowest BCUT2D eigenvalue weighted by Crippen LogP contribution is -2.19. The number of hydrogen-bond donors (Lipinski definition) is 0. The molecule has 1 aliphatic carbocycles. The van der Waals surface area contributed by atoms with Crippen molar-refractivity contribution in [2.24, 2.45) is 5.41 Å². The normalized spacial score (nSPS) is 18.8. The molecule has 3 heteroatoms. The first kappa shape index (κ1) is 19.7. The van der Waals surface area contributed by atoms with Crippen molar-refractivity contribution in [2.45, 2.75) is 58.8 Å². The van der Waals surface area contributed by atoms with Crippen LogP contribution in [-0.2, 0) is 9.84 Å². The molecule has 0 radical (unpaired) electrons. The summed E-state index contributed by atoms with van der Waals surface area (Å²) >= 11 is 0. The average molecular weight is 359 g/mol. The fourth-order valence-electron chi connectivity index (χ4n) is 3.38. The fourth-order valence-corrected chi connectivity index (χ4v) is 4.60. The van der Waals surface area contributed by atoms with E-state index < -0.39 is 9.84 Å². The van der Waals surface area contributed by atoms with E-state index in [0.29, 0.717) is 4.90 Å². The van der Waals surface area contributed by atoms with Gasteiger partial charge >= 0.3 is 0 Å². The Labute approximate surface area is 153 Å². The summed E-state index contributed by atoms with van der Waals surface area (Å²) < 4.78 is 24.9. The van der Waals surface area contributed by atoms with Gasteiger partial charge in [-0.25, -0.2) is 8.42 Å². The summed E-state index contributed by atoms with van der Waals surface area (Å²) in [7, 11) is -3.27. The molecule has 0 amide bonds. The second-order valence-corrected chi connectivity index (χ2v) is 9.84. The molecule has 0 aliphatic heterocycles. The van der Waals surface area contributed by atoms with Gasteiger partial charge in [-0.2, -0.15) is 0 Å². The number of hydrogen-bond acceptors (Lipinski definition) is 2. The number of sulfone groups is 1. The van der Waals surface area contributed by atoms with Crippen LogP contribution in [0.15, 0.2) is 64.1 Å². The molecule has 2 nitrogen and oxygen atoms in total.